The van der Waals surface area contributed by atoms with E-state index in [-0.39, 0.29) is 48.4 Å². The first-order chi connectivity index (χ1) is 11.3. The molecule has 0 radical (unpaired) electrons. The number of amides is 1. The number of alkyl halides is 2. The molecule has 0 heterocycles. The van der Waals surface area contributed by atoms with Crippen LogP contribution in [-0.2, 0) is 4.79 Å². The Morgan fingerprint density at radius 3 is 2.33 bits per heavy atom. The smallest absolute Gasteiger partial charge is 0.335 e. The Labute approximate surface area is 137 Å². The highest BCUT2D eigenvalue weighted by molar-refractivity contribution is 5.97. The maximum Gasteiger partial charge on any atom is 0.335 e. The van der Waals surface area contributed by atoms with Crippen LogP contribution in [0, 0.1) is 5.92 Å². The summed E-state index contributed by atoms with van der Waals surface area (Å²) in [4.78, 5) is 23.5. The summed E-state index contributed by atoms with van der Waals surface area (Å²) < 4.78 is 36.6. The van der Waals surface area contributed by atoms with Gasteiger partial charge >= 0.3 is 5.97 Å². The average Bonchev–Trinajstić information content (AvgIpc) is 2.53. The van der Waals surface area contributed by atoms with Gasteiger partial charge in [0.2, 0.25) is 11.8 Å². The Morgan fingerprint density at radius 2 is 1.83 bits per heavy atom. The topological polar surface area (TPSA) is 84.9 Å². The molecular weight excluding hydrogens is 324 g/mol. The van der Waals surface area contributed by atoms with Gasteiger partial charge < -0.3 is 19.9 Å². The van der Waals surface area contributed by atoms with Crippen LogP contribution in [0.3, 0.4) is 0 Å². The second-order valence-corrected chi connectivity index (χ2v) is 5.68. The van der Waals surface area contributed by atoms with Crippen molar-refractivity contribution in [3.05, 3.63) is 17.7 Å². The molecule has 1 aromatic carbocycles. The van der Waals surface area contributed by atoms with Gasteiger partial charge in [-0.15, -0.1) is 0 Å². The van der Waals surface area contributed by atoms with Crippen LogP contribution < -0.4 is 14.8 Å². The molecule has 0 aliphatic heterocycles. The molecule has 0 spiro atoms. The molecule has 132 valence electrons. The van der Waals surface area contributed by atoms with Crippen molar-refractivity contribution in [3.8, 4) is 11.5 Å². The number of carboxylic acids is 1. The SMILES string of the molecule is COc1cc(C(=O)O)cc(NC(=O)C2CCC(F)(F)CC2)c1OC. The minimum absolute atomic E-state index is 0.0803. The van der Waals surface area contributed by atoms with Crippen molar-refractivity contribution in [1.82, 2.24) is 0 Å². The Hall–Kier alpha value is -2.38. The van der Waals surface area contributed by atoms with E-state index in [1.54, 1.807) is 0 Å². The highest BCUT2D eigenvalue weighted by Gasteiger charge is 2.37. The Kier molecular flexibility index (Phi) is 5.26. The molecule has 0 saturated heterocycles. The fraction of sp³-hybridized carbons (Fsp3) is 0.500. The average molecular weight is 343 g/mol. The van der Waals surface area contributed by atoms with E-state index in [1.807, 2.05) is 0 Å². The summed E-state index contributed by atoms with van der Waals surface area (Å²) in [6, 6.07) is 2.52. The van der Waals surface area contributed by atoms with Gasteiger partial charge in [-0.1, -0.05) is 0 Å². The van der Waals surface area contributed by atoms with Gasteiger partial charge in [-0.05, 0) is 25.0 Å². The number of methoxy groups -OCH3 is 2. The highest BCUT2D eigenvalue weighted by atomic mass is 19.3. The van der Waals surface area contributed by atoms with Gasteiger partial charge in [-0.3, -0.25) is 4.79 Å². The maximum absolute atomic E-state index is 13.2. The lowest BCUT2D eigenvalue weighted by Crippen LogP contribution is -2.32. The van der Waals surface area contributed by atoms with E-state index in [9.17, 15) is 18.4 Å². The lowest BCUT2D eigenvalue weighted by molar-refractivity contribution is -0.124. The van der Waals surface area contributed by atoms with Gasteiger partial charge in [0.05, 0.1) is 25.5 Å². The second kappa shape index (κ2) is 7.02. The van der Waals surface area contributed by atoms with Gasteiger partial charge in [0.15, 0.2) is 11.5 Å². The monoisotopic (exact) mass is 343 g/mol. The molecule has 0 bridgehead atoms. The normalized spacial score (nSPS) is 17.2. The van der Waals surface area contributed by atoms with Gasteiger partial charge in [0.1, 0.15) is 0 Å². The quantitative estimate of drug-likeness (QED) is 0.858. The molecule has 1 fully saturated rings. The number of hydrogen-bond donors (Lipinski definition) is 2. The molecule has 0 unspecified atom stereocenters. The Balaban J connectivity index is 2.23. The van der Waals surface area contributed by atoms with Crippen LogP contribution in [0.4, 0.5) is 14.5 Å². The number of aromatic carboxylic acids is 1. The summed E-state index contributed by atoms with van der Waals surface area (Å²) >= 11 is 0. The first-order valence-electron chi connectivity index (χ1n) is 7.45. The number of ether oxygens (including phenoxy) is 2. The Morgan fingerprint density at radius 1 is 1.21 bits per heavy atom. The van der Waals surface area contributed by atoms with Crippen LogP contribution in [0.15, 0.2) is 12.1 Å². The first-order valence-corrected chi connectivity index (χ1v) is 7.45. The number of rotatable bonds is 5. The number of carbonyl (C=O) groups excluding carboxylic acids is 1. The fourth-order valence-electron chi connectivity index (χ4n) is 2.72. The standard InChI is InChI=1S/C16H19F2NO5/c1-23-12-8-10(15(21)22)7-11(13(12)24-2)19-14(20)9-3-5-16(17,18)6-4-9/h7-9H,3-6H2,1-2H3,(H,19,20)(H,21,22). The third kappa shape index (κ3) is 3.93. The van der Waals surface area contributed by atoms with E-state index >= 15 is 0 Å². The molecule has 2 rings (SSSR count). The molecular formula is C16H19F2NO5. The summed E-state index contributed by atoms with van der Waals surface area (Å²) in [6.45, 7) is 0. The van der Waals surface area contributed by atoms with E-state index in [0.717, 1.165) is 0 Å². The van der Waals surface area contributed by atoms with E-state index in [0.29, 0.717) is 0 Å². The van der Waals surface area contributed by atoms with Crippen LogP contribution in [0.25, 0.3) is 0 Å². The van der Waals surface area contributed by atoms with Crippen molar-refractivity contribution in [2.75, 3.05) is 19.5 Å². The number of anilines is 1. The predicted molar refractivity (Wildman–Crippen MR) is 82.0 cm³/mol. The van der Waals surface area contributed by atoms with Gasteiger partial charge in [0.25, 0.3) is 0 Å². The molecule has 8 heteroatoms. The fourth-order valence-corrected chi connectivity index (χ4v) is 2.72. The van der Waals surface area contributed by atoms with Crippen molar-refractivity contribution in [1.29, 1.82) is 0 Å². The zero-order valence-corrected chi connectivity index (χ0v) is 13.4. The molecule has 0 atom stereocenters. The molecule has 1 aromatic rings. The molecule has 1 aliphatic rings. The predicted octanol–water partition coefficient (Wildman–Crippen LogP) is 3.17. The zero-order chi connectivity index (χ0) is 17.9. The lowest BCUT2D eigenvalue weighted by atomic mass is 9.86. The molecule has 24 heavy (non-hydrogen) atoms. The summed E-state index contributed by atoms with van der Waals surface area (Å²) in [7, 11) is 2.70. The van der Waals surface area contributed by atoms with Crippen LogP contribution in [0.5, 0.6) is 11.5 Å². The summed E-state index contributed by atoms with van der Waals surface area (Å²) in [5.74, 6) is -4.56. The van der Waals surface area contributed by atoms with Crippen molar-refractivity contribution in [3.63, 3.8) is 0 Å². The van der Waals surface area contributed by atoms with Crippen molar-refractivity contribution >= 4 is 17.6 Å². The molecule has 1 amide bonds. The number of nitrogens with one attached hydrogen (secondary N) is 1. The number of carbonyl (C=O) groups is 2. The van der Waals surface area contributed by atoms with Crippen molar-refractivity contribution < 1.29 is 33.0 Å². The van der Waals surface area contributed by atoms with Crippen molar-refractivity contribution in [2.45, 2.75) is 31.6 Å². The van der Waals surface area contributed by atoms with E-state index in [2.05, 4.69) is 5.32 Å². The minimum atomic E-state index is -2.72. The minimum Gasteiger partial charge on any atom is -0.493 e. The van der Waals surface area contributed by atoms with Crippen LogP contribution in [0.2, 0.25) is 0 Å². The number of benzene rings is 1. The van der Waals surface area contributed by atoms with E-state index in [1.165, 1.54) is 26.4 Å². The first kappa shape index (κ1) is 18.0. The largest absolute Gasteiger partial charge is 0.493 e. The molecule has 1 aliphatic carbocycles. The van der Waals surface area contributed by atoms with Gasteiger partial charge in [0, 0.05) is 18.8 Å². The summed E-state index contributed by atoms with van der Waals surface area (Å²) in [5.41, 5.74) is 0.0507. The molecule has 2 N–H and O–H groups in total. The zero-order valence-electron chi connectivity index (χ0n) is 13.4. The third-order valence-corrected chi connectivity index (χ3v) is 4.07. The molecule has 0 aromatic heterocycles. The third-order valence-electron chi connectivity index (χ3n) is 4.07. The lowest BCUT2D eigenvalue weighted by Gasteiger charge is -2.27. The number of carboxylic acid groups (broad SMARTS) is 1. The van der Waals surface area contributed by atoms with E-state index < -0.39 is 23.7 Å². The summed E-state index contributed by atoms with van der Waals surface area (Å²) in [6.07, 6.45) is -0.505. The highest BCUT2D eigenvalue weighted by Crippen LogP contribution is 2.39. The number of hydrogen-bond acceptors (Lipinski definition) is 4. The van der Waals surface area contributed by atoms with Crippen molar-refractivity contribution in [2.24, 2.45) is 5.92 Å². The van der Waals surface area contributed by atoms with E-state index in [4.69, 9.17) is 14.6 Å². The van der Waals surface area contributed by atoms with Crippen LogP contribution in [0.1, 0.15) is 36.0 Å². The molecule has 1 saturated carbocycles. The maximum atomic E-state index is 13.2. The van der Waals surface area contributed by atoms with Gasteiger partial charge in [-0.25, -0.2) is 13.6 Å². The Bertz CT molecular complexity index is 638. The molecule has 6 nitrogen and oxygen atoms in total. The van der Waals surface area contributed by atoms with Crippen LogP contribution >= 0.6 is 0 Å². The van der Waals surface area contributed by atoms with Crippen LogP contribution in [-0.4, -0.2) is 37.1 Å². The van der Waals surface area contributed by atoms with Gasteiger partial charge in [-0.2, -0.15) is 0 Å². The summed E-state index contributed by atoms with van der Waals surface area (Å²) in [5, 5.41) is 11.7. The number of halogens is 2. The second-order valence-electron chi connectivity index (χ2n) is 5.68.